The molecule has 0 amide bonds. The molecule has 0 N–H and O–H groups in total. The van der Waals surface area contributed by atoms with E-state index in [-0.39, 0.29) is 11.6 Å². The molecule has 0 bridgehead atoms. The fourth-order valence-electron chi connectivity index (χ4n) is 1.40. The van der Waals surface area contributed by atoms with Gasteiger partial charge in [-0.3, -0.25) is 0 Å². The zero-order valence-electron chi connectivity index (χ0n) is 9.54. The molecule has 0 radical (unpaired) electrons. The lowest BCUT2D eigenvalue weighted by molar-refractivity contribution is 0.0546. The maximum absolute atomic E-state index is 11.6. The number of rotatable bonds is 4. The Morgan fingerprint density at radius 1 is 1.39 bits per heavy atom. The van der Waals surface area contributed by atoms with Gasteiger partial charge in [0.2, 0.25) is 0 Å². The van der Waals surface area contributed by atoms with Crippen molar-refractivity contribution in [3.05, 3.63) is 59.9 Å². The third-order valence-corrected chi connectivity index (χ3v) is 2.34. The third-order valence-electron chi connectivity index (χ3n) is 2.23. The Bertz CT molecular complexity index is 547. The van der Waals surface area contributed by atoms with Gasteiger partial charge in [0.25, 0.3) is 0 Å². The lowest BCUT2D eigenvalue weighted by atomic mass is 10.2. The van der Waals surface area contributed by atoms with Crippen LogP contribution in [0.3, 0.4) is 0 Å². The van der Waals surface area contributed by atoms with Crippen molar-refractivity contribution >= 4 is 17.6 Å². The number of esters is 1. The van der Waals surface area contributed by atoms with E-state index in [0.29, 0.717) is 5.56 Å². The molecule has 2 aromatic rings. The van der Waals surface area contributed by atoms with Crippen LogP contribution in [-0.4, -0.2) is 22.4 Å². The molecule has 0 spiro atoms. The molecule has 92 valence electrons. The summed E-state index contributed by atoms with van der Waals surface area (Å²) in [6.45, 7) is 3.46. The summed E-state index contributed by atoms with van der Waals surface area (Å²) < 4.78 is 6.63. The second-order valence-electron chi connectivity index (χ2n) is 3.59. The van der Waals surface area contributed by atoms with Crippen LogP contribution in [0, 0.1) is 0 Å². The second kappa shape index (κ2) is 5.51. The summed E-state index contributed by atoms with van der Waals surface area (Å²) in [5.74, 6) is -0.427. The van der Waals surface area contributed by atoms with Gasteiger partial charge in [0, 0.05) is 17.4 Å². The molecule has 0 saturated heterocycles. The summed E-state index contributed by atoms with van der Waals surface area (Å²) in [6.07, 6.45) is 3.51. The van der Waals surface area contributed by atoms with Crippen molar-refractivity contribution in [2.45, 2.75) is 0 Å². The van der Waals surface area contributed by atoms with Crippen molar-refractivity contribution in [1.82, 2.24) is 9.78 Å². The fraction of sp³-hybridized carbons (Fsp3) is 0.0769. The molecule has 0 saturated carbocycles. The fourth-order valence-corrected chi connectivity index (χ4v) is 1.45. The van der Waals surface area contributed by atoms with Crippen molar-refractivity contribution in [2.24, 2.45) is 0 Å². The van der Waals surface area contributed by atoms with E-state index in [9.17, 15) is 4.79 Å². The van der Waals surface area contributed by atoms with Gasteiger partial charge in [-0.1, -0.05) is 18.2 Å². The standard InChI is InChI=1S/C13H11ClN2O2/c1-10(14)9-18-13(17)11-3-5-12(6-4-11)16-8-2-7-15-16/h2-8H,1,9H2. The third kappa shape index (κ3) is 2.99. The minimum absolute atomic E-state index is 0.0152. The SMILES string of the molecule is C=C(Cl)COC(=O)c1ccc(-n2cccn2)cc1. The molecule has 18 heavy (non-hydrogen) atoms. The van der Waals surface area contributed by atoms with Gasteiger partial charge in [0.05, 0.1) is 11.3 Å². The Kier molecular flexibility index (Phi) is 3.79. The molecule has 1 heterocycles. The second-order valence-corrected chi connectivity index (χ2v) is 4.13. The Morgan fingerprint density at radius 2 is 2.11 bits per heavy atom. The maximum atomic E-state index is 11.6. The number of ether oxygens (including phenoxy) is 1. The van der Waals surface area contributed by atoms with E-state index in [1.807, 2.05) is 12.3 Å². The van der Waals surface area contributed by atoms with Gasteiger partial charge in [-0.25, -0.2) is 9.48 Å². The van der Waals surface area contributed by atoms with Crippen LogP contribution in [0.4, 0.5) is 0 Å². The summed E-state index contributed by atoms with van der Waals surface area (Å²) in [6, 6.07) is 8.76. The summed E-state index contributed by atoms with van der Waals surface area (Å²) >= 11 is 5.52. The monoisotopic (exact) mass is 262 g/mol. The molecule has 0 aliphatic heterocycles. The molecule has 0 fully saturated rings. The number of carbonyl (C=O) groups excluding carboxylic acids is 1. The molecule has 0 aliphatic rings. The van der Waals surface area contributed by atoms with Gasteiger partial charge in [0.15, 0.2) is 0 Å². The van der Waals surface area contributed by atoms with Crippen LogP contribution in [0.1, 0.15) is 10.4 Å². The highest BCUT2D eigenvalue weighted by molar-refractivity contribution is 6.29. The van der Waals surface area contributed by atoms with Crippen LogP contribution in [-0.2, 0) is 4.74 Å². The molecule has 1 aromatic heterocycles. The quantitative estimate of drug-likeness (QED) is 0.796. The van der Waals surface area contributed by atoms with Crippen molar-refractivity contribution in [3.8, 4) is 5.69 Å². The van der Waals surface area contributed by atoms with E-state index in [4.69, 9.17) is 16.3 Å². The van der Waals surface area contributed by atoms with Crippen LogP contribution in [0.5, 0.6) is 0 Å². The number of hydrogen-bond acceptors (Lipinski definition) is 3. The minimum Gasteiger partial charge on any atom is -0.456 e. The number of benzene rings is 1. The lowest BCUT2D eigenvalue weighted by Crippen LogP contribution is -2.06. The minimum atomic E-state index is -0.427. The van der Waals surface area contributed by atoms with E-state index < -0.39 is 5.97 Å². The van der Waals surface area contributed by atoms with Gasteiger partial charge < -0.3 is 4.74 Å². The average Bonchev–Trinajstić information content (AvgIpc) is 2.90. The maximum Gasteiger partial charge on any atom is 0.338 e. The first-order chi connectivity index (χ1) is 8.66. The van der Waals surface area contributed by atoms with Gasteiger partial charge in [-0.2, -0.15) is 5.10 Å². The highest BCUT2D eigenvalue weighted by Gasteiger charge is 2.07. The normalized spacial score (nSPS) is 10.1. The predicted octanol–water partition coefficient (Wildman–Crippen LogP) is 2.78. The first-order valence-electron chi connectivity index (χ1n) is 5.27. The van der Waals surface area contributed by atoms with Crippen molar-refractivity contribution in [1.29, 1.82) is 0 Å². The number of nitrogens with zero attached hydrogens (tertiary/aromatic N) is 2. The number of halogens is 1. The Morgan fingerprint density at radius 3 is 2.67 bits per heavy atom. The number of aromatic nitrogens is 2. The lowest BCUT2D eigenvalue weighted by Gasteiger charge is -2.05. The summed E-state index contributed by atoms with van der Waals surface area (Å²) in [5.41, 5.74) is 1.34. The molecule has 4 nitrogen and oxygen atoms in total. The molecule has 0 aliphatic carbocycles. The number of hydrogen-bond donors (Lipinski definition) is 0. The van der Waals surface area contributed by atoms with Crippen LogP contribution in [0.2, 0.25) is 0 Å². The van der Waals surface area contributed by atoms with E-state index in [2.05, 4.69) is 11.7 Å². The molecular formula is C13H11ClN2O2. The van der Waals surface area contributed by atoms with Crippen molar-refractivity contribution in [3.63, 3.8) is 0 Å². The van der Waals surface area contributed by atoms with Crippen LogP contribution in [0.25, 0.3) is 5.69 Å². The van der Waals surface area contributed by atoms with E-state index >= 15 is 0 Å². The highest BCUT2D eigenvalue weighted by atomic mass is 35.5. The zero-order chi connectivity index (χ0) is 13.0. The zero-order valence-corrected chi connectivity index (χ0v) is 10.3. The summed E-state index contributed by atoms with van der Waals surface area (Å²) in [7, 11) is 0. The van der Waals surface area contributed by atoms with Crippen LogP contribution in [0.15, 0.2) is 54.3 Å². The predicted molar refractivity (Wildman–Crippen MR) is 68.8 cm³/mol. The Labute approximate surface area is 109 Å². The highest BCUT2D eigenvalue weighted by Crippen LogP contribution is 2.10. The topological polar surface area (TPSA) is 44.1 Å². The molecule has 2 rings (SSSR count). The summed E-state index contributed by atoms with van der Waals surface area (Å²) in [5, 5.41) is 4.38. The van der Waals surface area contributed by atoms with Gasteiger partial charge in [-0.15, -0.1) is 0 Å². The molecule has 1 aromatic carbocycles. The van der Waals surface area contributed by atoms with Crippen LogP contribution < -0.4 is 0 Å². The van der Waals surface area contributed by atoms with Gasteiger partial charge >= 0.3 is 5.97 Å². The first kappa shape index (κ1) is 12.4. The van der Waals surface area contributed by atoms with Gasteiger partial charge in [0.1, 0.15) is 6.61 Å². The number of carbonyl (C=O) groups is 1. The van der Waals surface area contributed by atoms with Crippen molar-refractivity contribution < 1.29 is 9.53 Å². The first-order valence-corrected chi connectivity index (χ1v) is 5.65. The van der Waals surface area contributed by atoms with E-state index in [1.165, 1.54) is 0 Å². The van der Waals surface area contributed by atoms with Crippen molar-refractivity contribution in [2.75, 3.05) is 6.61 Å². The molecule has 5 heteroatoms. The smallest absolute Gasteiger partial charge is 0.338 e. The molecule has 0 unspecified atom stereocenters. The largest absolute Gasteiger partial charge is 0.456 e. The van der Waals surface area contributed by atoms with Gasteiger partial charge in [-0.05, 0) is 30.3 Å². The molecular weight excluding hydrogens is 252 g/mol. The Hall–Kier alpha value is -2.07. The molecule has 0 atom stereocenters. The Balaban J connectivity index is 2.08. The van der Waals surface area contributed by atoms with E-state index in [1.54, 1.807) is 35.1 Å². The average molecular weight is 263 g/mol. The van der Waals surface area contributed by atoms with E-state index in [0.717, 1.165) is 5.69 Å². The summed E-state index contributed by atoms with van der Waals surface area (Å²) in [4.78, 5) is 11.6. The van der Waals surface area contributed by atoms with Crippen LogP contribution >= 0.6 is 11.6 Å².